The number of aromatic carboxylic acids is 4. The van der Waals surface area contributed by atoms with Crippen LogP contribution in [0.1, 0.15) is 112 Å². The van der Waals surface area contributed by atoms with Crippen LogP contribution in [0.2, 0.25) is 0 Å². The Morgan fingerprint density at radius 3 is 1.00 bits per heavy atom. The van der Waals surface area contributed by atoms with Crippen molar-refractivity contribution in [3.63, 3.8) is 0 Å². The maximum absolute atomic E-state index is 12.7. The van der Waals surface area contributed by atoms with Gasteiger partial charge in [-0.1, -0.05) is 48.7 Å². The molecule has 4 N–H and O–H groups in total. The first kappa shape index (κ1) is 44.9. The number of thiocarbonyl (C=S) groups is 2. The van der Waals surface area contributed by atoms with E-state index in [9.17, 15) is 49.2 Å². The number of ether oxygens (including phenoxy) is 2. The summed E-state index contributed by atoms with van der Waals surface area (Å²) >= 11 is 14.5. The maximum Gasteiger partial charge on any atom is 0.343 e. The van der Waals surface area contributed by atoms with Crippen LogP contribution < -0.4 is 9.47 Å². The lowest BCUT2D eigenvalue weighted by atomic mass is 9.96. The predicted octanol–water partition coefficient (Wildman–Crippen LogP) is 9.61. The molecule has 0 unspecified atom stereocenters. The molecule has 5 aromatic rings. The molecule has 0 bridgehead atoms. The smallest absolute Gasteiger partial charge is 0.343 e. The van der Waals surface area contributed by atoms with Gasteiger partial charge in [0.1, 0.15) is 11.5 Å². The Bertz CT molecular complexity index is 2380. The van der Waals surface area contributed by atoms with E-state index in [0.29, 0.717) is 8.39 Å². The Kier molecular flexibility index (Phi) is 13.8. The molecule has 0 heterocycles. The molecule has 0 aliphatic rings. The highest BCUT2D eigenvalue weighted by molar-refractivity contribution is 8.24. The van der Waals surface area contributed by atoms with Gasteiger partial charge in [0.2, 0.25) is 0 Å². The highest BCUT2D eigenvalue weighted by Crippen LogP contribution is 2.42. The minimum Gasteiger partial charge on any atom is -0.478 e. The van der Waals surface area contributed by atoms with Gasteiger partial charge in [-0.05, 0) is 135 Å². The van der Waals surface area contributed by atoms with Crippen molar-refractivity contribution in [3.05, 3.63) is 165 Å². The van der Waals surface area contributed by atoms with E-state index in [4.69, 9.17) is 33.9 Å². The van der Waals surface area contributed by atoms with Crippen molar-refractivity contribution in [2.24, 2.45) is 0 Å². The SMILES string of the molecule is CC(C)(SC(=S)c1ccc(OC(=O)c2ccc(C(=O)O)c(C(=O)O)c2)cc1)c1ccc(C(C)(C)SC(=S)c2ccc(OC(=O)c3ccc(C(=O)O)c(C(=O)O)c3)cc2)cc1. The van der Waals surface area contributed by atoms with E-state index in [1.54, 1.807) is 48.5 Å². The molecule has 0 aromatic heterocycles. The number of carboxylic acid groups (broad SMARTS) is 4. The fourth-order valence-corrected chi connectivity index (χ4v) is 9.16. The first-order valence-electron chi connectivity index (χ1n) is 17.6. The molecule has 0 radical (unpaired) electrons. The first-order chi connectivity index (χ1) is 28.2. The van der Waals surface area contributed by atoms with E-state index in [1.165, 1.54) is 35.7 Å². The molecule has 5 rings (SSSR count). The number of carboxylic acids is 4. The van der Waals surface area contributed by atoms with Crippen LogP contribution in [-0.4, -0.2) is 64.6 Å². The molecule has 0 aliphatic heterocycles. The number of thioether (sulfide) groups is 2. The van der Waals surface area contributed by atoms with Crippen molar-refractivity contribution >= 4 is 92.2 Å². The molecule has 306 valence electrons. The fourth-order valence-electron chi connectivity index (χ4n) is 5.69. The van der Waals surface area contributed by atoms with Crippen LogP contribution >= 0.6 is 48.0 Å². The summed E-state index contributed by atoms with van der Waals surface area (Å²) in [6.07, 6.45) is 0. The van der Waals surface area contributed by atoms with Gasteiger partial charge in [0.25, 0.3) is 0 Å². The summed E-state index contributed by atoms with van der Waals surface area (Å²) in [6.45, 7) is 8.20. The van der Waals surface area contributed by atoms with Crippen molar-refractivity contribution in [1.82, 2.24) is 0 Å². The van der Waals surface area contributed by atoms with E-state index in [0.717, 1.165) is 46.5 Å². The average Bonchev–Trinajstić information content (AvgIpc) is 3.20. The van der Waals surface area contributed by atoms with Crippen molar-refractivity contribution in [2.45, 2.75) is 37.2 Å². The summed E-state index contributed by atoms with van der Waals surface area (Å²) in [5, 5.41) is 37.2. The molecule has 0 saturated heterocycles. The van der Waals surface area contributed by atoms with Crippen molar-refractivity contribution in [2.75, 3.05) is 0 Å². The van der Waals surface area contributed by atoms with E-state index in [-0.39, 0.29) is 22.6 Å². The molecule has 0 atom stereocenters. The summed E-state index contributed by atoms with van der Waals surface area (Å²) in [6, 6.07) is 27.6. The molecular formula is C44H34O12S4. The number of carbonyl (C=O) groups is 6. The summed E-state index contributed by atoms with van der Waals surface area (Å²) in [4.78, 5) is 71.1. The summed E-state index contributed by atoms with van der Waals surface area (Å²) in [5.41, 5.74) is 1.28. The summed E-state index contributed by atoms with van der Waals surface area (Å²) in [7, 11) is 0. The minimum absolute atomic E-state index is 0.120. The van der Waals surface area contributed by atoms with Crippen molar-refractivity contribution < 1.29 is 58.7 Å². The van der Waals surface area contributed by atoms with E-state index >= 15 is 0 Å². The molecule has 12 nitrogen and oxygen atoms in total. The van der Waals surface area contributed by atoms with Gasteiger partial charge in [-0.3, -0.25) is 0 Å². The Morgan fingerprint density at radius 2 is 0.717 bits per heavy atom. The number of hydrogen-bond acceptors (Lipinski definition) is 12. The second-order valence-corrected chi connectivity index (χ2v) is 18.5. The molecular weight excluding hydrogens is 849 g/mol. The Balaban J connectivity index is 1.17. The van der Waals surface area contributed by atoms with E-state index < -0.39 is 67.6 Å². The van der Waals surface area contributed by atoms with Crippen molar-refractivity contribution in [3.8, 4) is 11.5 Å². The Hall–Kier alpha value is -6.20. The molecule has 5 aromatic carbocycles. The molecule has 60 heavy (non-hydrogen) atoms. The number of carbonyl (C=O) groups excluding carboxylic acids is 2. The molecule has 0 aliphatic carbocycles. The highest BCUT2D eigenvalue weighted by Gasteiger charge is 2.28. The number of esters is 2. The van der Waals surface area contributed by atoms with Gasteiger partial charge in [-0.2, -0.15) is 0 Å². The van der Waals surface area contributed by atoms with Crippen molar-refractivity contribution in [1.29, 1.82) is 0 Å². The minimum atomic E-state index is -1.49. The van der Waals surface area contributed by atoms with Gasteiger partial charge in [-0.15, -0.1) is 23.5 Å². The van der Waals surface area contributed by atoms with Crippen LogP contribution in [0.15, 0.2) is 109 Å². The van der Waals surface area contributed by atoms with Gasteiger partial charge in [-0.25, -0.2) is 28.8 Å². The first-order valence-corrected chi connectivity index (χ1v) is 20.1. The Labute approximate surface area is 362 Å². The molecule has 16 heteroatoms. The van der Waals surface area contributed by atoms with Gasteiger partial charge in [0, 0.05) is 9.49 Å². The number of hydrogen-bond donors (Lipinski definition) is 4. The van der Waals surface area contributed by atoms with Gasteiger partial charge in [0.15, 0.2) is 0 Å². The molecule has 0 saturated carbocycles. The topological polar surface area (TPSA) is 202 Å². The van der Waals surface area contributed by atoms with Gasteiger partial charge >= 0.3 is 35.8 Å². The zero-order valence-electron chi connectivity index (χ0n) is 32.1. The summed E-state index contributed by atoms with van der Waals surface area (Å²) < 4.78 is 11.1. The van der Waals surface area contributed by atoms with E-state index in [2.05, 4.69) is 27.7 Å². The second-order valence-electron chi connectivity index (χ2n) is 13.9. The molecule has 0 amide bonds. The zero-order chi connectivity index (χ0) is 44.1. The monoisotopic (exact) mass is 882 g/mol. The maximum atomic E-state index is 12.7. The van der Waals surface area contributed by atoms with Crippen LogP contribution in [0.3, 0.4) is 0 Å². The lowest BCUT2D eigenvalue weighted by Crippen LogP contribution is -2.18. The van der Waals surface area contributed by atoms with Crippen LogP contribution in [-0.2, 0) is 9.49 Å². The van der Waals surface area contributed by atoms with E-state index in [1.807, 2.05) is 24.3 Å². The normalized spacial score (nSPS) is 11.3. The lowest BCUT2D eigenvalue weighted by molar-refractivity contribution is 0.0650. The van der Waals surface area contributed by atoms with Crippen LogP contribution in [0.25, 0.3) is 0 Å². The molecule has 0 fully saturated rings. The zero-order valence-corrected chi connectivity index (χ0v) is 35.3. The van der Waals surface area contributed by atoms with Crippen LogP contribution in [0, 0.1) is 0 Å². The standard InChI is InChI=1S/C44H34O12S4/c1-43(2,59-41(57)23-5-15-29(16-6-23)55-39(53)25-9-19-31(35(45)46)33(21-25)37(49)50)27-11-13-28(14-12-27)44(3,4)60-42(58)24-7-17-30(18-8-24)56-40(54)26-10-20-32(36(47)48)34(22-26)38(51)52/h5-22H,1-4H3,(H,45,46)(H,47,48)(H,49,50)(H,51,52). The van der Waals surface area contributed by atoms with Crippen LogP contribution in [0.4, 0.5) is 0 Å². The lowest BCUT2D eigenvalue weighted by Gasteiger charge is -2.28. The molecule has 0 spiro atoms. The third-order valence-electron chi connectivity index (χ3n) is 9.00. The third kappa shape index (κ3) is 10.7. The second kappa shape index (κ2) is 18.4. The van der Waals surface area contributed by atoms with Gasteiger partial charge < -0.3 is 29.9 Å². The highest BCUT2D eigenvalue weighted by atomic mass is 32.2. The predicted molar refractivity (Wildman–Crippen MR) is 235 cm³/mol. The number of benzene rings is 5. The third-order valence-corrected chi connectivity index (χ3v) is 12.3. The summed E-state index contributed by atoms with van der Waals surface area (Å²) in [5.74, 6) is -7.17. The largest absolute Gasteiger partial charge is 0.478 e. The fraction of sp³-hybridized carbons (Fsp3) is 0.136. The van der Waals surface area contributed by atoms with Gasteiger partial charge in [0.05, 0.1) is 41.8 Å². The average molecular weight is 883 g/mol. The Morgan fingerprint density at radius 1 is 0.433 bits per heavy atom. The van der Waals surface area contributed by atoms with Crippen LogP contribution in [0.5, 0.6) is 11.5 Å². The quantitative estimate of drug-likeness (QED) is 0.0466. The number of rotatable bonds is 14.